The number of hydrogen-bond acceptors (Lipinski definition) is 5. The van der Waals surface area contributed by atoms with Crippen LogP contribution in [-0.4, -0.2) is 42.5 Å². The summed E-state index contributed by atoms with van der Waals surface area (Å²) in [6.45, 7) is 2.29. The molecule has 1 saturated heterocycles. The summed E-state index contributed by atoms with van der Waals surface area (Å²) in [7, 11) is 1.53. The van der Waals surface area contributed by atoms with E-state index in [9.17, 15) is 14.4 Å². The number of nitrogens with one attached hydrogen (secondary N) is 1. The van der Waals surface area contributed by atoms with Crippen LogP contribution >= 0.6 is 15.9 Å². The van der Waals surface area contributed by atoms with Gasteiger partial charge in [0.25, 0.3) is 11.8 Å². The lowest BCUT2D eigenvalue weighted by molar-refractivity contribution is -0.131. The fraction of sp³-hybridized carbons (Fsp3) is 0.421. The fourth-order valence-electron chi connectivity index (χ4n) is 3.46. The molecule has 1 aromatic carbocycles. The lowest BCUT2D eigenvalue weighted by Crippen LogP contribution is -2.57. The van der Waals surface area contributed by atoms with E-state index in [-0.39, 0.29) is 11.6 Å². The smallest absolute Gasteiger partial charge is 0.331 e. The summed E-state index contributed by atoms with van der Waals surface area (Å²) < 4.78 is 11.5. The van der Waals surface area contributed by atoms with Crippen LogP contribution in [-0.2, 0) is 9.59 Å². The second kappa shape index (κ2) is 8.12. The van der Waals surface area contributed by atoms with E-state index in [1.54, 1.807) is 12.1 Å². The van der Waals surface area contributed by atoms with Gasteiger partial charge in [-0.15, -0.1) is 0 Å². The number of carbonyl (C=O) groups is 3. The van der Waals surface area contributed by atoms with Crippen LogP contribution in [0.2, 0.25) is 0 Å². The van der Waals surface area contributed by atoms with Crippen molar-refractivity contribution in [2.75, 3.05) is 13.7 Å². The summed E-state index contributed by atoms with van der Waals surface area (Å²) in [4.78, 5) is 38.5. The van der Waals surface area contributed by atoms with E-state index in [4.69, 9.17) is 9.47 Å². The van der Waals surface area contributed by atoms with Crippen molar-refractivity contribution in [1.29, 1.82) is 0 Å². The Morgan fingerprint density at radius 2 is 1.96 bits per heavy atom. The number of carbonyl (C=O) groups excluding carboxylic acids is 3. The Labute approximate surface area is 165 Å². The summed E-state index contributed by atoms with van der Waals surface area (Å²) in [5.74, 6) is -0.223. The Hall–Kier alpha value is -2.35. The van der Waals surface area contributed by atoms with Crippen LogP contribution in [0.25, 0.3) is 6.08 Å². The lowest BCUT2D eigenvalue weighted by atomic mass is 10.0. The predicted octanol–water partition coefficient (Wildman–Crippen LogP) is 3.26. The molecule has 0 spiro atoms. The van der Waals surface area contributed by atoms with Crippen LogP contribution in [0.3, 0.4) is 0 Å². The van der Waals surface area contributed by atoms with E-state index < -0.39 is 17.8 Å². The van der Waals surface area contributed by atoms with Gasteiger partial charge in [-0.1, -0.05) is 12.8 Å². The van der Waals surface area contributed by atoms with Gasteiger partial charge in [0.05, 0.1) is 18.2 Å². The molecule has 27 heavy (non-hydrogen) atoms. The van der Waals surface area contributed by atoms with Crippen LogP contribution in [0.15, 0.2) is 22.2 Å². The van der Waals surface area contributed by atoms with Crippen LogP contribution in [0.1, 0.15) is 38.2 Å². The topological polar surface area (TPSA) is 84.9 Å². The normalized spacial score (nSPS) is 19.6. The number of rotatable bonds is 5. The third-order valence-electron chi connectivity index (χ3n) is 4.67. The first-order chi connectivity index (χ1) is 13.0. The first-order valence-electron chi connectivity index (χ1n) is 8.87. The van der Waals surface area contributed by atoms with E-state index in [2.05, 4.69) is 21.2 Å². The molecule has 1 saturated carbocycles. The van der Waals surface area contributed by atoms with Crippen LogP contribution < -0.4 is 14.8 Å². The summed E-state index contributed by atoms with van der Waals surface area (Å²) in [6, 6.07) is 2.62. The Balaban J connectivity index is 1.98. The molecule has 144 valence electrons. The second-order valence-corrected chi connectivity index (χ2v) is 7.25. The summed E-state index contributed by atoms with van der Waals surface area (Å²) in [6.07, 6.45) is 4.95. The van der Waals surface area contributed by atoms with Crippen molar-refractivity contribution in [3.8, 4) is 11.5 Å². The number of hydrogen-bond donors (Lipinski definition) is 1. The van der Waals surface area contributed by atoms with Gasteiger partial charge >= 0.3 is 6.03 Å². The molecule has 0 bridgehead atoms. The van der Waals surface area contributed by atoms with Gasteiger partial charge in [-0.3, -0.25) is 19.8 Å². The lowest BCUT2D eigenvalue weighted by Gasteiger charge is -2.31. The molecule has 0 unspecified atom stereocenters. The standard InChI is InChI=1S/C19H21BrN2O5/c1-3-27-15-10-11(9-14(20)16(15)26-2)8-13-17(23)21-19(25)22(18(13)24)12-6-4-5-7-12/h8-10,12H,3-7H2,1-2H3,(H,21,23,25)/b13-8+. The molecule has 3 rings (SSSR count). The zero-order valence-electron chi connectivity index (χ0n) is 15.2. The van der Waals surface area contributed by atoms with Crippen molar-refractivity contribution in [3.05, 3.63) is 27.7 Å². The average Bonchev–Trinajstić information content (AvgIpc) is 3.13. The highest BCUT2D eigenvalue weighted by molar-refractivity contribution is 9.10. The Bertz CT molecular complexity index is 815. The summed E-state index contributed by atoms with van der Waals surface area (Å²) in [5, 5.41) is 2.28. The molecule has 1 aliphatic heterocycles. The molecular formula is C19H21BrN2O5. The fourth-order valence-corrected chi connectivity index (χ4v) is 4.09. The van der Waals surface area contributed by atoms with Gasteiger partial charge < -0.3 is 9.47 Å². The van der Waals surface area contributed by atoms with E-state index in [0.29, 0.717) is 28.1 Å². The van der Waals surface area contributed by atoms with Crippen LogP contribution in [0.4, 0.5) is 4.79 Å². The van der Waals surface area contributed by atoms with E-state index >= 15 is 0 Å². The predicted molar refractivity (Wildman–Crippen MR) is 102 cm³/mol. The van der Waals surface area contributed by atoms with E-state index in [1.165, 1.54) is 18.1 Å². The highest BCUT2D eigenvalue weighted by Gasteiger charge is 2.40. The van der Waals surface area contributed by atoms with Gasteiger partial charge in [-0.2, -0.15) is 0 Å². The molecule has 1 heterocycles. The largest absolute Gasteiger partial charge is 0.492 e. The number of imide groups is 2. The number of halogens is 1. The monoisotopic (exact) mass is 436 g/mol. The SMILES string of the molecule is CCOc1cc(/C=C2\C(=O)NC(=O)N(C3CCCC3)C2=O)cc(Br)c1OC. The van der Waals surface area contributed by atoms with Crippen molar-refractivity contribution in [3.63, 3.8) is 0 Å². The second-order valence-electron chi connectivity index (χ2n) is 6.40. The van der Waals surface area contributed by atoms with Gasteiger partial charge in [0, 0.05) is 6.04 Å². The van der Waals surface area contributed by atoms with E-state index in [0.717, 1.165) is 25.7 Å². The summed E-state index contributed by atoms with van der Waals surface area (Å²) in [5.41, 5.74) is 0.520. The molecule has 2 aliphatic rings. The highest BCUT2D eigenvalue weighted by Crippen LogP contribution is 2.37. The average molecular weight is 437 g/mol. The third-order valence-corrected chi connectivity index (χ3v) is 5.26. The van der Waals surface area contributed by atoms with Crippen molar-refractivity contribution < 1.29 is 23.9 Å². The quantitative estimate of drug-likeness (QED) is 0.565. The molecule has 1 N–H and O–H groups in total. The molecular weight excluding hydrogens is 416 g/mol. The number of ether oxygens (including phenoxy) is 2. The first-order valence-corrected chi connectivity index (χ1v) is 9.66. The minimum absolute atomic E-state index is 0.0685. The summed E-state index contributed by atoms with van der Waals surface area (Å²) >= 11 is 3.41. The van der Waals surface area contributed by atoms with Crippen molar-refractivity contribution >= 4 is 39.9 Å². The Morgan fingerprint density at radius 3 is 2.59 bits per heavy atom. The molecule has 1 aliphatic carbocycles. The number of benzene rings is 1. The maximum atomic E-state index is 12.9. The highest BCUT2D eigenvalue weighted by atomic mass is 79.9. The molecule has 1 aromatic rings. The minimum Gasteiger partial charge on any atom is -0.492 e. The number of barbiturate groups is 1. The van der Waals surface area contributed by atoms with Crippen molar-refractivity contribution in [1.82, 2.24) is 10.2 Å². The molecule has 2 fully saturated rings. The Kier molecular flexibility index (Phi) is 5.84. The van der Waals surface area contributed by atoms with E-state index in [1.807, 2.05) is 6.92 Å². The van der Waals surface area contributed by atoms with Gasteiger partial charge in [-0.25, -0.2) is 4.79 Å². The number of amides is 4. The van der Waals surface area contributed by atoms with Crippen molar-refractivity contribution in [2.24, 2.45) is 0 Å². The zero-order valence-corrected chi connectivity index (χ0v) is 16.8. The Morgan fingerprint density at radius 1 is 1.26 bits per heavy atom. The van der Waals surface area contributed by atoms with Crippen molar-refractivity contribution in [2.45, 2.75) is 38.6 Å². The molecule has 4 amide bonds. The van der Waals surface area contributed by atoms with Gasteiger partial charge in [-0.05, 0) is 59.5 Å². The van der Waals surface area contributed by atoms with Crippen LogP contribution in [0, 0.1) is 0 Å². The number of nitrogens with zero attached hydrogens (tertiary/aromatic N) is 1. The molecule has 8 heteroatoms. The van der Waals surface area contributed by atoms with Gasteiger partial charge in [0.2, 0.25) is 0 Å². The molecule has 0 radical (unpaired) electrons. The maximum Gasteiger partial charge on any atom is 0.331 e. The number of urea groups is 1. The van der Waals surface area contributed by atoms with Gasteiger partial charge in [0.1, 0.15) is 5.57 Å². The number of methoxy groups -OCH3 is 1. The van der Waals surface area contributed by atoms with Crippen LogP contribution in [0.5, 0.6) is 11.5 Å². The molecule has 7 nitrogen and oxygen atoms in total. The first kappa shape index (κ1) is 19.4. The molecule has 0 aromatic heterocycles. The molecule has 0 atom stereocenters. The zero-order chi connectivity index (χ0) is 19.6. The van der Waals surface area contributed by atoms with Gasteiger partial charge in [0.15, 0.2) is 11.5 Å². The minimum atomic E-state index is -0.691. The third kappa shape index (κ3) is 3.85. The maximum absolute atomic E-state index is 12.9.